The molecule has 0 amide bonds. The van der Waals surface area contributed by atoms with Crippen molar-refractivity contribution in [1.82, 2.24) is 0 Å². The Morgan fingerprint density at radius 1 is 0.958 bits per heavy atom. The highest BCUT2D eigenvalue weighted by Crippen LogP contribution is 2.42. The second-order valence-electron chi connectivity index (χ2n) is 8.85. The van der Waals surface area contributed by atoms with Gasteiger partial charge in [0.2, 0.25) is 0 Å². The molecule has 2 unspecified atom stereocenters. The topological polar surface area (TPSA) is 9.23 Å². The molecule has 0 fully saturated rings. The lowest BCUT2D eigenvalue weighted by Crippen LogP contribution is -2.21. The van der Waals surface area contributed by atoms with Crippen LogP contribution in [0.3, 0.4) is 0 Å². The van der Waals surface area contributed by atoms with Gasteiger partial charge in [0.25, 0.3) is 0 Å². The molecule has 2 atom stereocenters. The molecule has 1 aromatic rings. The first-order chi connectivity index (χ1) is 10.9. The van der Waals surface area contributed by atoms with Gasteiger partial charge in [-0.3, -0.25) is 0 Å². The van der Waals surface area contributed by atoms with Gasteiger partial charge in [0.1, 0.15) is 5.75 Å². The Labute approximate surface area is 150 Å². The zero-order chi connectivity index (χ0) is 18.7. The van der Waals surface area contributed by atoms with E-state index in [0.717, 1.165) is 5.75 Å². The van der Waals surface area contributed by atoms with Crippen LogP contribution in [0.2, 0.25) is 0 Å². The smallest absolute Gasteiger partial charge is 0.126 e. The minimum atomic E-state index is 0.0416. The number of hydrogen-bond acceptors (Lipinski definition) is 1. The molecular formula is C23H36O. The summed E-state index contributed by atoms with van der Waals surface area (Å²) in [5, 5.41) is 0. The summed E-state index contributed by atoms with van der Waals surface area (Å²) in [6, 6.07) is 4.69. The molecule has 1 nitrogen and oxygen atoms in total. The fourth-order valence-electron chi connectivity index (χ4n) is 2.97. The maximum Gasteiger partial charge on any atom is 0.126 e. The Morgan fingerprint density at radius 2 is 1.42 bits per heavy atom. The molecule has 0 bridgehead atoms. The molecule has 0 saturated carbocycles. The Hall–Kier alpha value is -1.42. The molecule has 0 saturated heterocycles. The molecule has 0 aliphatic heterocycles. The van der Waals surface area contributed by atoms with Gasteiger partial charge in [0.05, 0.1) is 6.61 Å². The van der Waals surface area contributed by atoms with E-state index in [9.17, 15) is 0 Å². The number of hydrogen-bond donors (Lipinski definition) is 0. The van der Waals surface area contributed by atoms with Crippen molar-refractivity contribution >= 4 is 0 Å². The Morgan fingerprint density at radius 3 is 1.75 bits per heavy atom. The summed E-state index contributed by atoms with van der Waals surface area (Å²) in [5.41, 5.74) is 4.05. The van der Waals surface area contributed by atoms with Crippen LogP contribution >= 0.6 is 0 Å². The lowest BCUT2D eigenvalue weighted by atomic mass is 9.76. The second-order valence-corrected chi connectivity index (χ2v) is 8.85. The van der Waals surface area contributed by atoms with E-state index in [2.05, 4.69) is 86.3 Å². The molecule has 0 N–H and O–H groups in total. The fourth-order valence-corrected chi connectivity index (χ4v) is 2.97. The molecule has 1 aromatic carbocycles. The van der Waals surface area contributed by atoms with Crippen LogP contribution in [0.1, 0.15) is 91.8 Å². The maximum atomic E-state index is 6.14. The highest BCUT2D eigenvalue weighted by molar-refractivity contribution is 5.51. The maximum absolute atomic E-state index is 6.14. The van der Waals surface area contributed by atoms with Gasteiger partial charge in [-0.25, -0.2) is 0 Å². The molecule has 24 heavy (non-hydrogen) atoms. The third-order valence-corrected chi connectivity index (χ3v) is 4.66. The van der Waals surface area contributed by atoms with Crippen LogP contribution in [0.5, 0.6) is 5.75 Å². The molecule has 0 spiro atoms. The Kier molecular flexibility index (Phi) is 6.57. The standard InChI is InChI=1S/C23H36O/c1-11-13-16(3)17(4)18-14-19(22(5,6)7)21(24-12-2)20(15-18)23(8,9)10/h14-17H,12H2,1-10H3. The second kappa shape index (κ2) is 7.64. The molecule has 0 aromatic heterocycles. The van der Waals surface area contributed by atoms with Crippen molar-refractivity contribution < 1.29 is 4.74 Å². The lowest BCUT2D eigenvalue weighted by Gasteiger charge is -2.32. The van der Waals surface area contributed by atoms with Gasteiger partial charge in [-0.05, 0) is 36.2 Å². The van der Waals surface area contributed by atoms with E-state index in [1.165, 1.54) is 16.7 Å². The summed E-state index contributed by atoms with van der Waals surface area (Å²) < 4.78 is 6.14. The van der Waals surface area contributed by atoms with E-state index in [1.807, 2.05) is 6.92 Å². The highest BCUT2D eigenvalue weighted by atomic mass is 16.5. The molecule has 1 heteroatoms. The van der Waals surface area contributed by atoms with Crippen LogP contribution in [0.25, 0.3) is 0 Å². The first-order valence-electron chi connectivity index (χ1n) is 9.17. The molecule has 0 heterocycles. The summed E-state index contributed by atoms with van der Waals surface area (Å²) in [5.74, 6) is 8.20. The van der Waals surface area contributed by atoms with E-state index in [4.69, 9.17) is 4.74 Å². The largest absolute Gasteiger partial charge is 0.493 e. The average molecular weight is 329 g/mol. The third-order valence-electron chi connectivity index (χ3n) is 4.66. The SMILES string of the molecule is CC#CC(C)C(C)c1cc(C(C)(C)C)c(OCC)c(C(C)(C)C)c1. The van der Waals surface area contributed by atoms with E-state index in [0.29, 0.717) is 18.4 Å². The predicted octanol–water partition coefficient (Wildman–Crippen LogP) is 6.44. The van der Waals surface area contributed by atoms with Crippen LogP contribution in [0, 0.1) is 17.8 Å². The molecule has 1 rings (SSSR count). The van der Waals surface area contributed by atoms with Crippen LogP contribution < -0.4 is 4.74 Å². The monoisotopic (exact) mass is 328 g/mol. The first-order valence-corrected chi connectivity index (χ1v) is 9.17. The van der Waals surface area contributed by atoms with E-state index >= 15 is 0 Å². The van der Waals surface area contributed by atoms with Gasteiger partial charge in [-0.15, -0.1) is 5.92 Å². The van der Waals surface area contributed by atoms with E-state index < -0.39 is 0 Å². The first kappa shape index (κ1) is 20.6. The van der Waals surface area contributed by atoms with E-state index in [1.54, 1.807) is 0 Å². The quantitative estimate of drug-likeness (QED) is 0.578. The van der Waals surface area contributed by atoms with Crippen LogP contribution in [-0.2, 0) is 10.8 Å². The van der Waals surface area contributed by atoms with Crippen molar-refractivity contribution in [3.05, 3.63) is 28.8 Å². The molecule has 0 aliphatic rings. The number of ether oxygens (including phenoxy) is 1. The minimum absolute atomic E-state index is 0.0416. The Balaban J connectivity index is 3.67. The average Bonchev–Trinajstić information content (AvgIpc) is 2.44. The summed E-state index contributed by atoms with van der Waals surface area (Å²) in [7, 11) is 0. The van der Waals surface area contributed by atoms with Crippen molar-refractivity contribution in [2.45, 2.75) is 86.0 Å². The normalized spacial score (nSPS) is 14.6. The van der Waals surface area contributed by atoms with Crippen molar-refractivity contribution in [1.29, 1.82) is 0 Å². The van der Waals surface area contributed by atoms with Gasteiger partial charge >= 0.3 is 0 Å². The van der Waals surface area contributed by atoms with Gasteiger partial charge in [0, 0.05) is 17.0 Å². The van der Waals surface area contributed by atoms with E-state index in [-0.39, 0.29) is 10.8 Å². The zero-order valence-corrected chi connectivity index (χ0v) is 17.4. The van der Waals surface area contributed by atoms with Gasteiger partial charge in [0.15, 0.2) is 0 Å². The van der Waals surface area contributed by atoms with Gasteiger partial charge < -0.3 is 4.74 Å². The van der Waals surface area contributed by atoms with Gasteiger partial charge in [-0.2, -0.15) is 0 Å². The van der Waals surface area contributed by atoms with Crippen molar-refractivity contribution in [2.24, 2.45) is 5.92 Å². The van der Waals surface area contributed by atoms with Crippen LogP contribution in [0.15, 0.2) is 12.1 Å². The van der Waals surface area contributed by atoms with Crippen molar-refractivity contribution in [3.8, 4) is 17.6 Å². The molecular weight excluding hydrogens is 292 g/mol. The number of rotatable bonds is 4. The van der Waals surface area contributed by atoms with Crippen molar-refractivity contribution in [3.63, 3.8) is 0 Å². The molecule has 0 aliphatic carbocycles. The fraction of sp³-hybridized carbons (Fsp3) is 0.652. The minimum Gasteiger partial charge on any atom is -0.493 e. The Bertz CT molecular complexity index is 579. The van der Waals surface area contributed by atoms with Gasteiger partial charge in [-0.1, -0.05) is 73.4 Å². The lowest BCUT2D eigenvalue weighted by molar-refractivity contribution is 0.319. The van der Waals surface area contributed by atoms with Crippen molar-refractivity contribution in [2.75, 3.05) is 6.61 Å². The number of benzene rings is 1. The van der Waals surface area contributed by atoms with Crippen LogP contribution in [0.4, 0.5) is 0 Å². The van der Waals surface area contributed by atoms with Crippen LogP contribution in [-0.4, -0.2) is 6.61 Å². The third kappa shape index (κ3) is 4.79. The summed E-state index contributed by atoms with van der Waals surface area (Å²) in [4.78, 5) is 0. The predicted molar refractivity (Wildman–Crippen MR) is 106 cm³/mol. The molecule has 134 valence electrons. The molecule has 0 radical (unpaired) electrons. The zero-order valence-electron chi connectivity index (χ0n) is 17.4. The summed E-state index contributed by atoms with van der Waals surface area (Å²) >= 11 is 0. The summed E-state index contributed by atoms with van der Waals surface area (Å²) in [6.07, 6.45) is 0. The highest BCUT2D eigenvalue weighted by Gasteiger charge is 2.29. The summed E-state index contributed by atoms with van der Waals surface area (Å²) in [6.45, 7) is 22.8.